The van der Waals surface area contributed by atoms with Crippen molar-refractivity contribution < 1.29 is 9.72 Å². The van der Waals surface area contributed by atoms with Crippen LogP contribution in [0, 0.1) is 10.1 Å². The van der Waals surface area contributed by atoms with Gasteiger partial charge >= 0.3 is 0 Å². The number of carbonyl (C=O) groups excluding carboxylic acids is 1. The third kappa shape index (κ3) is 2.44. The average molecular weight is 282 g/mol. The number of amides is 1. The highest BCUT2D eigenvalue weighted by Crippen LogP contribution is 2.21. The maximum atomic E-state index is 12.2. The number of H-pyrrole nitrogens is 1. The number of nitro benzene ring substituents is 1. The highest BCUT2D eigenvalue weighted by Gasteiger charge is 2.19. The van der Waals surface area contributed by atoms with Crippen LogP contribution in [0.1, 0.15) is 10.4 Å². The van der Waals surface area contributed by atoms with Gasteiger partial charge in [-0.2, -0.15) is 5.10 Å². The lowest BCUT2D eigenvalue weighted by atomic mass is 10.1. The van der Waals surface area contributed by atoms with Crippen LogP contribution in [0.25, 0.3) is 10.9 Å². The van der Waals surface area contributed by atoms with Crippen LogP contribution in [0.3, 0.4) is 0 Å². The number of nitrogens with zero attached hydrogens (tertiary/aromatic N) is 2. The Morgan fingerprint density at radius 2 is 2.05 bits per heavy atom. The fourth-order valence-corrected chi connectivity index (χ4v) is 2.04. The first kappa shape index (κ1) is 12.8. The second-order valence-corrected chi connectivity index (χ2v) is 4.40. The second kappa shape index (κ2) is 5.04. The summed E-state index contributed by atoms with van der Waals surface area (Å²) in [7, 11) is 0. The number of aromatic nitrogens is 2. The molecule has 0 aliphatic heterocycles. The molecule has 3 rings (SSSR count). The fraction of sp³-hybridized carbons (Fsp3) is 0. The Bertz CT molecular complexity index is 841. The van der Waals surface area contributed by atoms with E-state index < -0.39 is 10.8 Å². The lowest BCUT2D eigenvalue weighted by molar-refractivity contribution is -0.385. The smallest absolute Gasteiger partial charge is 0.282 e. The van der Waals surface area contributed by atoms with Crippen LogP contribution in [-0.2, 0) is 0 Å². The van der Waals surface area contributed by atoms with E-state index in [1.165, 1.54) is 18.2 Å². The molecule has 1 amide bonds. The summed E-state index contributed by atoms with van der Waals surface area (Å²) in [6.07, 6.45) is 1.67. The average Bonchev–Trinajstić information content (AvgIpc) is 2.94. The van der Waals surface area contributed by atoms with Gasteiger partial charge in [0.15, 0.2) is 0 Å². The maximum Gasteiger partial charge on any atom is 0.282 e. The summed E-state index contributed by atoms with van der Waals surface area (Å²) in [6, 6.07) is 11.0. The minimum absolute atomic E-state index is 0.0206. The van der Waals surface area contributed by atoms with E-state index in [4.69, 9.17) is 0 Å². The zero-order chi connectivity index (χ0) is 14.8. The number of anilines is 1. The van der Waals surface area contributed by atoms with E-state index in [-0.39, 0.29) is 11.3 Å². The Hall–Kier alpha value is -3.22. The zero-order valence-corrected chi connectivity index (χ0v) is 10.7. The van der Waals surface area contributed by atoms with Crippen LogP contribution in [-0.4, -0.2) is 21.0 Å². The number of para-hydroxylation sites is 1. The van der Waals surface area contributed by atoms with Crippen LogP contribution in [0.4, 0.5) is 11.4 Å². The Morgan fingerprint density at radius 1 is 1.24 bits per heavy atom. The zero-order valence-electron chi connectivity index (χ0n) is 10.7. The van der Waals surface area contributed by atoms with Crippen molar-refractivity contribution in [1.82, 2.24) is 10.2 Å². The number of rotatable bonds is 3. The molecule has 2 N–H and O–H groups in total. The van der Waals surface area contributed by atoms with Gasteiger partial charge in [0, 0.05) is 17.1 Å². The highest BCUT2D eigenvalue weighted by molar-refractivity contribution is 6.07. The van der Waals surface area contributed by atoms with Crippen LogP contribution < -0.4 is 5.32 Å². The van der Waals surface area contributed by atoms with E-state index >= 15 is 0 Å². The van der Waals surface area contributed by atoms with Gasteiger partial charge < -0.3 is 5.32 Å². The molecule has 0 fully saturated rings. The molecule has 1 aromatic heterocycles. The van der Waals surface area contributed by atoms with Crippen molar-refractivity contribution in [3.8, 4) is 0 Å². The number of hydrogen-bond donors (Lipinski definition) is 2. The molecule has 0 aliphatic rings. The van der Waals surface area contributed by atoms with Crippen molar-refractivity contribution in [1.29, 1.82) is 0 Å². The first-order valence-electron chi connectivity index (χ1n) is 6.13. The minimum atomic E-state index is -0.576. The molecule has 7 nitrogen and oxygen atoms in total. The van der Waals surface area contributed by atoms with E-state index in [9.17, 15) is 14.9 Å². The molecular formula is C14H10N4O3. The topological polar surface area (TPSA) is 101 Å². The molecule has 0 atom stereocenters. The van der Waals surface area contributed by atoms with Crippen LogP contribution in [0.15, 0.2) is 48.7 Å². The van der Waals surface area contributed by atoms with Crippen LogP contribution >= 0.6 is 0 Å². The van der Waals surface area contributed by atoms with Crippen molar-refractivity contribution in [2.24, 2.45) is 0 Å². The fourth-order valence-electron chi connectivity index (χ4n) is 2.04. The summed E-state index contributed by atoms with van der Waals surface area (Å²) >= 11 is 0. The second-order valence-electron chi connectivity index (χ2n) is 4.40. The van der Waals surface area contributed by atoms with Crippen molar-refractivity contribution in [2.45, 2.75) is 0 Å². The summed E-state index contributed by atoms with van der Waals surface area (Å²) in [6.45, 7) is 0. The largest absolute Gasteiger partial charge is 0.322 e. The normalized spacial score (nSPS) is 10.5. The first-order chi connectivity index (χ1) is 10.1. The standard InChI is InChI=1S/C14H10N4O3/c19-14(11-3-1-2-4-13(11)18(20)21)16-10-6-5-9-8-15-17-12(9)7-10/h1-8H,(H,15,17)(H,16,19). The maximum absolute atomic E-state index is 12.2. The van der Waals surface area contributed by atoms with E-state index in [0.717, 1.165) is 10.9 Å². The molecule has 0 unspecified atom stereocenters. The summed E-state index contributed by atoms with van der Waals surface area (Å²) in [5.41, 5.74) is 1.11. The summed E-state index contributed by atoms with van der Waals surface area (Å²) in [5.74, 6) is -0.527. The number of carbonyl (C=O) groups is 1. The van der Waals surface area contributed by atoms with E-state index in [1.54, 1.807) is 30.5 Å². The van der Waals surface area contributed by atoms with Crippen molar-refractivity contribution >= 4 is 28.2 Å². The predicted octanol–water partition coefficient (Wildman–Crippen LogP) is 2.72. The number of nitrogens with one attached hydrogen (secondary N) is 2. The van der Waals surface area contributed by atoms with E-state index in [2.05, 4.69) is 15.5 Å². The van der Waals surface area contributed by atoms with Gasteiger partial charge in [-0.1, -0.05) is 12.1 Å². The molecular weight excluding hydrogens is 272 g/mol. The molecule has 104 valence electrons. The first-order valence-corrected chi connectivity index (χ1v) is 6.13. The summed E-state index contributed by atoms with van der Waals surface area (Å²) < 4.78 is 0. The van der Waals surface area contributed by atoms with Crippen LogP contribution in [0.2, 0.25) is 0 Å². The lowest BCUT2D eigenvalue weighted by Crippen LogP contribution is -2.13. The van der Waals surface area contributed by atoms with Gasteiger partial charge in [-0.3, -0.25) is 20.0 Å². The Balaban J connectivity index is 1.91. The van der Waals surface area contributed by atoms with Gasteiger partial charge in [-0.05, 0) is 24.3 Å². The quantitative estimate of drug-likeness (QED) is 0.569. The summed E-state index contributed by atoms with van der Waals surface area (Å²) in [5, 5.41) is 21.2. The molecule has 2 aromatic carbocycles. The molecule has 0 spiro atoms. The third-order valence-electron chi connectivity index (χ3n) is 3.05. The van der Waals surface area contributed by atoms with Crippen molar-refractivity contribution in [3.05, 3.63) is 64.3 Å². The molecule has 0 saturated heterocycles. The third-order valence-corrected chi connectivity index (χ3v) is 3.05. The molecule has 3 aromatic rings. The van der Waals surface area contributed by atoms with Gasteiger partial charge in [0.05, 0.1) is 16.6 Å². The van der Waals surface area contributed by atoms with Crippen LogP contribution in [0.5, 0.6) is 0 Å². The number of benzene rings is 2. The van der Waals surface area contributed by atoms with Gasteiger partial charge in [0.25, 0.3) is 11.6 Å². The van der Waals surface area contributed by atoms with Crippen molar-refractivity contribution in [3.63, 3.8) is 0 Å². The predicted molar refractivity (Wildman–Crippen MR) is 77.1 cm³/mol. The van der Waals surface area contributed by atoms with Gasteiger partial charge in [-0.15, -0.1) is 0 Å². The van der Waals surface area contributed by atoms with Gasteiger partial charge in [-0.25, -0.2) is 0 Å². The Morgan fingerprint density at radius 3 is 2.86 bits per heavy atom. The SMILES string of the molecule is O=C(Nc1ccc2cn[nH]c2c1)c1ccccc1[N+](=O)[O-]. The Kier molecular flexibility index (Phi) is 3.07. The lowest BCUT2D eigenvalue weighted by Gasteiger charge is -2.05. The molecule has 0 bridgehead atoms. The molecule has 0 radical (unpaired) electrons. The van der Waals surface area contributed by atoms with E-state index in [0.29, 0.717) is 5.69 Å². The molecule has 0 saturated carbocycles. The number of hydrogen-bond acceptors (Lipinski definition) is 4. The minimum Gasteiger partial charge on any atom is -0.322 e. The van der Waals surface area contributed by atoms with E-state index in [1.807, 2.05) is 0 Å². The molecule has 21 heavy (non-hydrogen) atoms. The number of aromatic amines is 1. The van der Waals surface area contributed by atoms with Crippen molar-refractivity contribution in [2.75, 3.05) is 5.32 Å². The van der Waals surface area contributed by atoms with Gasteiger partial charge in [0.1, 0.15) is 5.56 Å². The number of fused-ring (bicyclic) bond motifs is 1. The molecule has 1 heterocycles. The number of nitro groups is 1. The molecule has 0 aliphatic carbocycles. The summed E-state index contributed by atoms with van der Waals surface area (Å²) in [4.78, 5) is 22.5. The Labute approximate surface area is 118 Å². The van der Waals surface area contributed by atoms with Gasteiger partial charge in [0.2, 0.25) is 0 Å². The monoisotopic (exact) mass is 282 g/mol. The molecule has 7 heteroatoms. The highest BCUT2D eigenvalue weighted by atomic mass is 16.6.